The number of nitrogens with zero attached hydrogens (tertiary/aromatic N) is 3. The SMILES string of the molecule is Cc1ccc(-n2ncc(C(=O)NCCCN3CCCC(C(N)=O)C3)c2C(C)C)cc1. The van der Waals surface area contributed by atoms with Gasteiger partial charge in [0.25, 0.3) is 5.91 Å². The van der Waals surface area contributed by atoms with Gasteiger partial charge in [0.1, 0.15) is 0 Å². The predicted molar refractivity (Wildman–Crippen MR) is 118 cm³/mol. The van der Waals surface area contributed by atoms with E-state index in [1.54, 1.807) is 6.20 Å². The maximum Gasteiger partial charge on any atom is 0.254 e. The molecule has 1 atom stereocenters. The Morgan fingerprint density at radius 3 is 2.67 bits per heavy atom. The number of nitrogens with two attached hydrogens (primary N) is 1. The molecule has 1 aliphatic heterocycles. The average molecular weight is 412 g/mol. The highest BCUT2D eigenvalue weighted by Gasteiger charge is 2.24. The summed E-state index contributed by atoms with van der Waals surface area (Å²) >= 11 is 0. The summed E-state index contributed by atoms with van der Waals surface area (Å²) in [6.07, 6.45) is 4.37. The number of rotatable bonds is 8. The normalized spacial score (nSPS) is 17.3. The molecular weight excluding hydrogens is 378 g/mol. The minimum atomic E-state index is -0.209. The van der Waals surface area contributed by atoms with E-state index >= 15 is 0 Å². The van der Waals surface area contributed by atoms with Gasteiger partial charge in [-0.25, -0.2) is 4.68 Å². The molecule has 30 heavy (non-hydrogen) atoms. The van der Waals surface area contributed by atoms with Crippen molar-refractivity contribution in [3.63, 3.8) is 0 Å². The number of aryl methyl sites for hydroxylation is 1. The minimum absolute atomic E-state index is 0.0467. The molecule has 0 radical (unpaired) electrons. The molecule has 1 fully saturated rings. The summed E-state index contributed by atoms with van der Waals surface area (Å²) in [4.78, 5) is 26.5. The molecule has 2 aromatic rings. The summed E-state index contributed by atoms with van der Waals surface area (Å²) in [5.41, 5.74) is 9.13. The van der Waals surface area contributed by atoms with E-state index in [9.17, 15) is 9.59 Å². The smallest absolute Gasteiger partial charge is 0.254 e. The highest BCUT2D eigenvalue weighted by atomic mass is 16.2. The highest BCUT2D eigenvalue weighted by molar-refractivity contribution is 5.95. The lowest BCUT2D eigenvalue weighted by molar-refractivity contribution is -0.123. The zero-order valence-corrected chi connectivity index (χ0v) is 18.2. The van der Waals surface area contributed by atoms with Crippen LogP contribution in [-0.2, 0) is 4.79 Å². The van der Waals surface area contributed by atoms with Gasteiger partial charge >= 0.3 is 0 Å². The van der Waals surface area contributed by atoms with Crippen molar-refractivity contribution in [2.75, 3.05) is 26.2 Å². The predicted octanol–water partition coefficient (Wildman–Crippen LogP) is 2.62. The second-order valence-corrected chi connectivity index (χ2v) is 8.50. The molecular formula is C23H33N5O2. The number of nitrogens with one attached hydrogen (secondary N) is 1. The van der Waals surface area contributed by atoms with Crippen LogP contribution in [0.15, 0.2) is 30.5 Å². The molecule has 0 spiro atoms. The molecule has 1 aliphatic rings. The minimum Gasteiger partial charge on any atom is -0.369 e. The van der Waals surface area contributed by atoms with E-state index < -0.39 is 0 Å². The molecule has 0 aliphatic carbocycles. The number of benzene rings is 1. The van der Waals surface area contributed by atoms with Crippen LogP contribution in [0, 0.1) is 12.8 Å². The Morgan fingerprint density at radius 2 is 2.00 bits per heavy atom. The Bertz CT molecular complexity index is 872. The lowest BCUT2D eigenvalue weighted by Gasteiger charge is -2.31. The third-order valence-corrected chi connectivity index (χ3v) is 5.72. The number of hydrogen-bond donors (Lipinski definition) is 2. The summed E-state index contributed by atoms with van der Waals surface area (Å²) in [5, 5.41) is 7.52. The number of amides is 2. The van der Waals surface area contributed by atoms with Crippen molar-refractivity contribution in [2.45, 2.75) is 46.0 Å². The molecule has 7 heteroatoms. The first-order valence-corrected chi connectivity index (χ1v) is 10.8. The quantitative estimate of drug-likeness (QED) is 0.653. The Balaban J connectivity index is 1.58. The van der Waals surface area contributed by atoms with Crippen LogP contribution in [0.5, 0.6) is 0 Å². The number of carbonyl (C=O) groups is 2. The van der Waals surface area contributed by atoms with E-state index in [0.717, 1.165) is 50.3 Å². The molecule has 0 bridgehead atoms. The highest BCUT2D eigenvalue weighted by Crippen LogP contribution is 2.23. The van der Waals surface area contributed by atoms with E-state index in [4.69, 9.17) is 5.73 Å². The Kier molecular flexibility index (Phi) is 7.26. The number of aromatic nitrogens is 2. The first kappa shape index (κ1) is 22.0. The van der Waals surface area contributed by atoms with Gasteiger partial charge in [-0.3, -0.25) is 9.59 Å². The first-order valence-electron chi connectivity index (χ1n) is 10.8. The molecule has 3 rings (SSSR count). The summed E-state index contributed by atoms with van der Waals surface area (Å²) in [7, 11) is 0. The molecule has 1 aromatic carbocycles. The van der Waals surface area contributed by atoms with Crippen molar-refractivity contribution in [3.8, 4) is 5.69 Å². The van der Waals surface area contributed by atoms with Gasteiger partial charge in [-0.05, 0) is 57.3 Å². The van der Waals surface area contributed by atoms with Crippen LogP contribution in [-0.4, -0.2) is 52.7 Å². The molecule has 3 N–H and O–H groups in total. The zero-order chi connectivity index (χ0) is 21.7. The lowest BCUT2D eigenvalue weighted by Crippen LogP contribution is -2.42. The van der Waals surface area contributed by atoms with E-state index in [0.29, 0.717) is 12.1 Å². The number of piperidine rings is 1. The van der Waals surface area contributed by atoms with E-state index in [2.05, 4.69) is 29.2 Å². The maximum atomic E-state index is 12.8. The molecule has 162 valence electrons. The van der Waals surface area contributed by atoms with Gasteiger partial charge in [0.15, 0.2) is 0 Å². The number of likely N-dealkylation sites (tertiary alicyclic amines) is 1. The van der Waals surface area contributed by atoms with Gasteiger partial charge in [-0.2, -0.15) is 5.10 Å². The van der Waals surface area contributed by atoms with Crippen molar-refractivity contribution in [3.05, 3.63) is 47.3 Å². The van der Waals surface area contributed by atoms with Crippen LogP contribution in [0.3, 0.4) is 0 Å². The van der Waals surface area contributed by atoms with Crippen molar-refractivity contribution >= 4 is 11.8 Å². The third kappa shape index (κ3) is 5.27. The lowest BCUT2D eigenvalue weighted by atomic mass is 9.97. The van der Waals surface area contributed by atoms with Gasteiger partial charge in [0, 0.05) is 13.1 Å². The zero-order valence-electron chi connectivity index (χ0n) is 18.2. The first-order chi connectivity index (χ1) is 14.4. The number of primary amides is 1. The van der Waals surface area contributed by atoms with Crippen molar-refractivity contribution in [1.29, 1.82) is 0 Å². The van der Waals surface area contributed by atoms with Crippen molar-refractivity contribution in [1.82, 2.24) is 20.0 Å². The molecule has 1 aromatic heterocycles. The van der Waals surface area contributed by atoms with Crippen LogP contribution in [0.1, 0.15) is 60.6 Å². The van der Waals surface area contributed by atoms with E-state index in [1.165, 1.54) is 5.56 Å². The summed E-state index contributed by atoms with van der Waals surface area (Å²) in [6, 6.07) is 8.14. The van der Waals surface area contributed by atoms with Crippen molar-refractivity contribution < 1.29 is 9.59 Å². The number of carbonyl (C=O) groups excluding carboxylic acids is 2. The largest absolute Gasteiger partial charge is 0.369 e. The van der Waals surface area contributed by atoms with E-state index in [-0.39, 0.29) is 23.7 Å². The van der Waals surface area contributed by atoms with Crippen LogP contribution in [0.25, 0.3) is 5.69 Å². The van der Waals surface area contributed by atoms with Gasteiger partial charge in [0.05, 0.1) is 29.1 Å². The number of hydrogen-bond acceptors (Lipinski definition) is 4. The average Bonchev–Trinajstić information content (AvgIpc) is 3.17. The summed E-state index contributed by atoms with van der Waals surface area (Å²) in [5.74, 6) is -0.186. The second kappa shape index (κ2) is 9.89. The van der Waals surface area contributed by atoms with Gasteiger partial charge in [-0.1, -0.05) is 31.5 Å². The maximum absolute atomic E-state index is 12.8. The van der Waals surface area contributed by atoms with Gasteiger partial charge in [-0.15, -0.1) is 0 Å². The third-order valence-electron chi connectivity index (χ3n) is 5.72. The van der Waals surface area contributed by atoms with Gasteiger partial charge < -0.3 is 16.0 Å². The van der Waals surface area contributed by atoms with Gasteiger partial charge in [0.2, 0.25) is 5.91 Å². The fourth-order valence-electron chi connectivity index (χ4n) is 4.07. The van der Waals surface area contributed by atoms with Crippen LogP contribution < -0.4 is 11.1 Å². The molecule has 2 heterocycles. The Hall–Kier alpha value is -2.67. The van der Waals surface area contributed by atoms with Crippen LogP contribution in [0.4, 0.5) is 0 Å². The summed E-state index contributed by atoms with van der Waals surface area (Å²) in [6.45, 7) is 9.34. The summed E-state index contributed by atoms with van der Waals surface area (Å²) < 4.78 is 1.86. The van der Waals surface area contributed by atoms with Crippen LogP contribution >= 0.6 is 0 Å². The fraction of sp³-hybridized carbons (Fsp3) is 0.522. The molecule has 0 saturated carbocycles. The van der Waals surface area contributed by atoms with Crippen LogP contribution in [0.2, 0.25) is 0 Å². The second-order valence-electron chi connectivity index (χ2n) is 8.50. The molecule has 1 saturated heterocycles. The van der Waals surface area contributed by atoms with Crippen molar-refractivity contribution in [2.24, 2.45) is 11.7 Å². The monoisotopic (exact) mass is 411 g/mol. The van der Waals surface area contributed by atoms with E-state index in [1.807, 2.05) is 35.9 Å². The molecule has 2 amide bonds. The standard InChI is InChI=1S/C23H33N5O2/c1-16(2)21-20(14-26-28(21)19-9-7-17(3)8-10-19)23(30)25-11-5-13-27-12-4-6-18(15-27)22(24)29/h7-10,14,16,18H,4-6,11-13,15H2,1-3H3,(H2,24,29)(H,25,30). The molecule has 1 unspecified atom stereocenters. The fourth-order valence-corrected chi connectivity index (χ4v) is 4.07. The Labute approximate surface area is 178 Å². The topological polar surface area (TPSA) is 93.2 Å². The molecule has 7 nitrogen and oxygen atoms in total. The Morgan fingerprint density at radius 1 is 1.27 bits per heavy atom.